The number of halogens is 2. The third-order valence-electron chi connectivity index (χ3n) is 3.01. The molecule has 0 unspecified atom stereocenters. The Hall–Kier alpha value is -1.49. The molecule has 0 aliphatic carbocycles. The number of aliphatic hydroxyl groups is 1. The van der Waals surface area contributed by atoms with E-state index in [0.717, 1.165) is 0 Å². The van der Waals surface area contributed by atoms with Crippen molar-refractivity contribution >= 4 is 28.9 Å². The largest absolute Gasteiger partial charge is 0.506 e. The molecule has 3 N–H and O–H groups in total. The number of aliphatic hydroxyl groups excluding tert-OH is 1. The molecule has 0 atom stereocenters. The Morgan fingerprint density at radius 2 is 1.90 bits per heavy atom. The van der Waals surface area contributed by atoms with Crippen molar-refractivity contribution in [2.45, 2.75) is 20.1 Å². The lowest BCUT2D eigenvalue weighted by atomic mass is 10.1. The number of aromatic nitrogens is 1. The molecule has 0 aliphatic rings. The van der Waals surface area contributed by atoms with Crippen molar-refractivity contribution in [2.75, 3.05) is 5.32 Å². The van der Waals surface area contributed by atoms with Gasteiger partial charge in [-0.3, -0.25) is 4.98 Å². The van der Waals surface area contributed by atoms with Crippen molar-refractivity contribution in [2.24, 2.45) is 0 Å². The second kappa shape index (κ2) is 6.31. The van der Waals surface area contributed by atoms with Gasteiger partial charge in [0.05, 0.1) is 28.0 Å². The Kier molecular flexibility index (Phi) is 4.70. The highest BCUT2D eigenvalue weighted by molar-refractivity contribution is 6.39. The molecular weight excluding hydrogens is 299 g/mol. The average molecular weight is 313 g/mol. The summed E-state index contributed by atoms with van der Waals surface area (Å²) in [7, 11) is 0. The van der Waals surface area contributed by atoms with Crippen LogP contribution in [0.4, 0.5) is 5.69 Å². The molecule has 6 heteroatoms. The van der Waals surface area contributed by atoms with Crippen LogP contribution in [0.5, 0.6) is 5.75 Å². The van der Waals surface area contributed by atoms with Gasteiger partial charge in [0.2, 0.25) is 0 Å². The van der Waals surface area contributed by atoms with E-state index in [1.165, 1.54) is 0 Å². The first kappa shape index (κ1) is 14.9. The van der Waals surface area contributed by atoms with Crippen LogP contribution in [-0.4, -0.2) is 15.2 Å². The highest BCUT2D eigenvalue weighted by Gasteiger charge is 2.12. The van der Waals surface area contributed by atoms with E-state index in [1.807, 2.05) is 0 Å². The molecule has 1 aromatic heterocycles. The molecule has 1 aromatic carbocycles. The number of para-hydroxylation sites is 1. The van der Waals surface area contributed by atoms with E-state index in [2.05, 4.69) is 10.3 Å². The van der Waals surface area contributed by atoms with Gasteiger partial charge < -0.3 is 15.5 Å². The predicted octanol–water partition coefficient (Wildman–Crippen LogP) is 3.51. The Morgan fingerprint density at radius 1 is 1.25 bits per heavy atom. The maximum absolute atomic E-state index is 10.0. The van der Waals surface area contributed by atoms with Crippen LogP contribution in [0.3, 0.4) is 0 Å². The van der Waals surface area contributed by atoms with Crippen molar-refractivity contribution in [3.05, 3.63) is 51.3 Å². The van der Waals surface area contributed by atoms with Gasteiger partial charge in [0.25, 0.3) is 0 Å². The summed E-state index contributed by atoms with van der Waals surface area (Å²) in [5, 5.41) is 23.4. The van der Waals surface area contributed by atoms with Crippen LogP contribution in [0.15, 0.2) is 24.4 Å². The lowest BCUT2D eigenvalue weighted by Crippen LogP contribution is -2.06. The molecule has 2 rings (SSSR count). The zero-order valence-corrected chi connectivity index (χ0v) is 12.3. The second-order valence-corrected chi connectivity index (χ2v) is 5.12. The summed E-state index contributed by atoms with van der Waals surface area (Å²) in [5.74, 6) is 0.0622. The number of benzene rings is 1. The zero-order chi connectivity index (χ0) is 14.7. The minimum Gasteiger partial charge on any atom is -0.506 e. The third-order valence-corrected chi connectivity index (χ3v) is 3.64. The Bertz CT molecular complexity index is 613. The molecule has 0 aliphatic heterocycles. The molecule has 4 nitrogen and oxygen atoms in total. The fourth-order valence-corrected chi connectivity index (χ4v) is 2.39. The van der Waals surface area contributed by atoms with E-state index in [0.29, 0.717) is 32.6 Å². The molecule has 0 saturated carbocycles. The normalized spacial score (nSPS) is 10.6. The van der Waals surface area contributed by atoms with E-state index >= 15 is 0 Å². The van der Waals surface area contributed by atoms with Gasteiger partial charge in [0, 0.05) is 23.9 Å². The van der Waals surface area contributed by atoms with Gasteiger partial charge in [-0.1, -0.05) is 29.3 Å². The number of nitrogens with one attached hydrogen (secondary N) is 1. The molecule has 0 saturated heterocycles. The van der Waals surface area contributed by atoms with E-state index in [4.69, 9.17) is 23.2 Å². The first-order chi connectivity index (χ1) is 9.54. The van der Waals surface area contributed by atoms with Gasteiger partial charge in [-0.2, -0.15) is 0 Å². The molecular formula is C14H14Cl2N2O2. The number of anilines is 1. The van der Waals surface area contributed by atoms with Crippen molar-refractivity contribution in [1.82, 2.24) is 4.98 Å². The Labute approximate surface area is 127 Å². The van der Waals surface area contributed by atoms with Crippen LogP contribution in [-0.2, 0) is 13.2 Å². The number of aryl methyl sites for hydroxylation is 1. The Morgan fingerprint density at radius 3 is 2.50 bits per heavy atom. The summed E-state index contributed by atoms with van der Waals surface area (Å²) in [6.07, 6.45) is 1.54. The minimum atomic E-state index is -0.200. The van der Waals surface area contributed by atoms with Gasteiger partial charge in [-0.05, 0) is 19.1 Å². The van der Waals surface area contributed by atoms with E-state index in [-0.39, 0.29) is 18.9 Å². The molecule has 1 heterocycles. The van der Waals surface area contributed by atoms with Crippen LogP contribution in [0, 0.1) is 6.92 Å². The SMILES string of the molecule is Cc1ncc(CO)c(CNc2c(Cl)cccc2Cl)c1O. The molecule has 0 amide bonds. The highest BCUT2D eigenvalue weighted by atomic mass is 35.5. The number of aromatic hydroxyl groups is 1. The molecule has 2 aromatic rings. The summed E-state index contributed by atoms with van der Waals surface area (Å²) in [4.78, 5) is 4.01. The molecule has 106 valence electrons. The summed E-state index contributed by atoms with van der Waals surface area (Å²) >= 11 is 12.1. The minimum absolute atomic E-state index is 0.0622. The van der Waals surface area contributed by atoms with Gasteiger partial charge in [0.15, 0.2) is 0 Å². The predicted molar refractivity (Wildman–Crippen MR) is 80.4 cm³/mol. The standard InChI is InChI=1S/C14H14Cl2N2O2/c1-8-14(20)10(9(7-19)5-17-8)6-18-13-11(15)3-2-4-12(13)16/h2-5,18-20H,6-7H2,1H3. The van der Waals surface area contributed by atoms with Crippen molar-refractivity contribution < 1.29 is 10.2 Å². The fourth-order valence-electron chi connectivity index (χ4n) is 1.86. The molecule has 20 heavy (non-hydrogen) atoms. The van der Waals surface area contributed by atoms with Crippen molar-refractivity contribution in [1.29, 1.82) is 0 Å². The molecule has 0 spiro atoms. The van der Waals surface area contributed by atoms with Gasteiger partial charge in [-0.25, -0.2) is 0 Å². The van der Waals surface area contributed by atoms with Crippen molar-refractivity contribution in [3.63, 3.8) is 0 Å². The van der Waals surface area contributed by atoms with Gasteiger partial charge in [0.1, 0.15) is 5.75 Å². The maximum atomic E-state index is 10.0. The zero-order valence-electron chi connectivity index (χ0n) is 10.8. The van der Waals surface area contributed by atoms with Crippen LogP contribution >= 0.6 is 23.2 Å². The molecule has 0 radical (unpaired) electrons. The summed E-state index contributed by atoms with van der Waals surface area (Å²) < 4.78 is 0. The van der Waals surface area contributed by atoms with Gasteiger partial charge >= 0.3 is 0 Å². The smallest absolute Gasteiger partial charge is 0.142 e. The van der Waals surface area contributed by atoms with Crippen LogP contribution in [0.1, 0.15) is 16.8 Å². The lowest BCUT2D eigenvalue weighted by Gasteiger charge is -2.14. The number of rotatable bonds is 4. The number of pyridine rings is 1. The van der Waals surface area contributed by atoms with E-state index in [1.54, 1.807) is 31.3 Å². The number of hydrogen-bond donors (Lipinski definition) is 3. The van der Waals surface area contributed by atoms with Crippen molar-refractivity contribution in [3.8, 4) is 5.75 Å². The van der Waals surface area contributed by atoms with Gasteiger partial charge in [-0.15, -0.1) is 0 Å². The summed E-state index contributed by atoms with van der Waals surface area (Å²) in [6.45, 7) is 1.78. The maximum Gasteiger partial charge on any atom is 0.142 e. The lowest BCUT2D eigenvalue weighted by molar-refractivity contribution is 0.279. The molecule has 0 bridgehead atoms. The topological polar surface area (TPSA) is 65.4 Å². The number of nitrogens with zero attached hydrogens (tertiary/aromatic N) is 1. The van der Waals surface area contributed by atoms with E-state index in [9.17, 15) is 10.2 Å². The summed E-state index contributed by atoms with van der Waals surface area (Å²) in [5.41, 5.74) is 2.23. The fraction of sp³-hybridized carbons (Fsp3) is 0.214. The number of hydrogen-bond acceptors (Lipinski definition) is 4. The highest BCUT2D eigenvalue weighted by Crippen LogP contribution is 2.32. The second-order valence-electron chi connectivity index (χ2n) is 4.30. The quantitative estimate of drug-likeness (QED) is 0.808. The summed E-state index contributed by atoms with van der Waals surface area (Å²) in [6, 6.07) is 5.20. The monoisotopic (exact) mass is 312 g/mol. The molecule has 0 fully saturated rings. The third kappa shape index (κ3) is 2.98. The Balaban J connectivity index is 2.29. The van der Waals surface area contributed by atoms with Crippen LogP contribution in [0.25, 0.3) is 0 Å². The first-order valence-corrected chi connectivity index (χ1v) is 6.75. The average Bonchev–Trinajstić information content (AvgIpc) is 2.42. The van der Waals surface area contributed by atoms with Crippen LogP contribution in [0.2, 0.25) is 10.0 Å². The first-order valence-electron chi connectivity index (χ1n) is 5.99. The van der Waals surface area contributed by atoms with Crippen LogP contribution < -0.4 is 5.32 Å². The van der Waals surface area contributed by atoms with E-state index < -0.39 is 0 Å².